The Labute approximate surface area is 182 Å². The Morgan fingerprint density at radius 2 is 2.10 bits per heavy atom. The third kappa shape index (κ3) is 5.73. The number of aromatic nitrogens is 1. The fourth-order valence-corrected chi connectivity index (χ4v) is 5.30. The van der Waals surface area contributed by atoms with Crippen molar-refractivity contribution in [2.45, 2.75) is 42.1 Å². The summed E-state index contributed by atoms with van der Waals surface area (Å²) in [6.07, 6.45) is 5.97. The van der Waals surface area contributed by atoms with Gasteiger partial charge in [0.25, 0.3) is 0 Å². The lowest BCUT2D eigenvalue weighted by atomic mass is 10.1. The van der Waals surface area contributed by atoms with Crippen molar-refractivity contribution in [2.75, 3.05) is 16.8 Å². The highest BCUT2D eigenvalue weighted by molar-refractivity contribution is 8.02. The highest BCUT2D eigenvalue weighted by atomic mass is 32.2. The SMILES string of the molecule is CC(Sc1cnc(NC(=O)N(CC2CCCC2)c2cccc(C(N)=O)c2)s1)C(=O)O. The Balaban J connectivity index is 1.77. The number of carboxylic acid groups (broad SMARTS) is 1. The standard InChI is InChI=1S/C20H24N4O4S2/c1-12(18(26)27)29-16-10-22-19(30-16)23-20(28)24(11-13-5-2-3-6-13)15-8-4-7-14(9-15)17(21)25/h4,7-10,12-13H,2-3,5-6,11H2,1H3,(H2,21,25)(H,26,27)(H,22,23,28). The van der Waals surface area contributed by atoms with Gasteiger partial charge in [0.15, 0.2) is 5.13 Å². The first-order valence-electron chi connectivity index (χ1n) is 9.67. The van der Waals surface area contributed by atoms with Gasteiger partial charge in [-0.05, 0) is 43.9 Å². The van der Waals surface area contributed by atoms with Crippen LogP contribution in [0.25, 0.3) is 0 Å². The molecule has 8 nitrogen and oxygen atoms in total. The fourth-order valence-electron chi connectivity index (χ4n) is 3.34. The maximum absolute atomic E-state index is 13.1. The first-order chi connectivity index (χ1) is 14.3. The molecule has 1 aliphatic rings. The van der Waals surface area contributed by atoms with E-state index in [-0.39, 0.29) is 6.03 Å². The maximum Gasteiger partial charge on any atom is 0.328 e. The number of primary amides is 1. The van der Waals surface area contributed by atoms with E-state index in [9.17, 15) is 14.4 Å². The van der Waals surface area contributed by atoms with Gasteiger partial charge in [0.2, 0.25) is 5.91 Å². The number of benzene rings is 1. The quantitative estimate of drug-likeness (QED) is 0.523. The number of urea groups is 1. The lowest BCUT2D eigenvalue weighted by molar-refractivity contribution is -0.136. The van der Waals surface area contributed by atoms with Crippen LogP contribution in [0.4, 0.5) is 15.6 Å². The number of nitrogens with one attached hydrogen (secondary N) is 1. The van der Waals surface area contributed by atoms with Crippen molar-refractivity contribution in [1.29, 1.82) is 0 Å². The Bertz CT molecular complexity index is 927. The summed E-state index contributed by atoms with van der Waals surface area (Å²) in [5.74, 6) is -1.06. The first kappa shape index (κ1) is 22.1. The highest BCUT2D eigenvalue weighted by Crippen LogP contribution is 2.32. The average molecular weight is 449 g/mol. The van der Waals surface area contributed by atoms with Crippen LogP contribution in [0.3, 0.4) is 0 Å². The molecule has 1 saturated carbocycles. The van der Waals surface area contributed by atoms with E-state index in [0.29, 0.717) is 33.1 Å². The zero-order valence-electron chi connectivity index (χ0n) is 16.5. The van der Waals surface area contributed by atoms with Crippen molar-refractivity contribution in [2.24, 2.45) is 11.7 Å². The maximum atomic E-state index is 13.1. The molecule has 0 spiro atoms. The third-order valence-electron chi connectivity index (χ3n) is 4.94. The molecule has 1 aliphatic carbocycles. The summed E-state index contributed by atoms with van der Waals surface area (Å²) in [7, 11) is 0. The summed E-state index contributed by atoms with van der Waals surface area (Å²) in [5.41, 5.74) is 6.34. The largest absolute Gasteiger partial charge is 0.480 e. The van der Waals surface area contributed by atoms with Crippen molar-refractivity contribution in [3.05, 3.63) is 36.0 Å². The minimum atomic E-state index is -0.906. The molecule has 0 aliphatic heterocycles. The van der Waals surface area contributed by atoms with Gasteiger partial charge in [-0.15, -0.1) is 0 Å². The zero-order chi connectivity index (χ0) is 21.7. The van der Waals surface area contributed by atoms with E-state index in [2.05, 4.69) is 10.3 Å². The second-order valence-electron chi connectivity index (χ2n) is 7.19. The molecule has 3 rings (SSSR count). The Hall–Kier alpha value is -2.59. The number of carboxylic acids is 1. The molecule has 2 aromatic rings. The van der Waals surface area contributed by atoms with Gasteiger partial charge >= 0.3 is 12.0 Å². The first-order valence-corrected chi connectivity index (χ1v) is 11.4. The number of carbonyl (C=O) groups is 3. The summed E-state index contributed by atoms with van der Waals surface area (Å²) >= 11 is 2.40. The van der Waals surface area contributed by atoms with Crippen molar-refractivity contribution in [1.82, 2.24) is 4.98 Å². The van der Waals surface area contributed by atoms with E-state index in [1.807, 2.05) is 0 Å². The molecule has 10 heteroatoms. The van der Waals surface area contributed by atoms with Crippen molar-refractivity contribution in [3.8, 4) is 0 Å². The molecule has 1 heterocycles. The van der Waals surface area contributed by atoms with Crippen LogP contribution in [-0.4, -0.2) is 39.8 Å². The molecule has 1 atom stereocenters. The lowest BCUT2D eigenvalue weighted by Gasteiger charge is -2.26. The normalized spacial score (nSPS) is 15.0. The fraction of sp³-hybridized carbons (Fsp3) is 0.400. The summed E-state index contributed by atoms with van der Waals surface area (Å²) in [6, 6.07) is 6.37. The second-order valence-corrected chi connectivity index (χ2v) is 9.86. The van der Waals surface area contributed by atoms with Crippen LogP contribution in [-0.2, 0) is 4.79 Å². The molecule has 1 aromatic heterocycles. The van der Waals surface area contributed by atoms with Crippen LogP contribution in [0.1, 0.15) is 43.0 Å². The number of amides is 3. The highest BCUT2D eigenvalue weighted by Gasteiger charge is 2.25. The van der Waals surface area contributed by atoms with Crippen molar-refractivity contribution in [3.63, 3.8) is 0 Å². The number of hydrogen-bond donors (Lipinski definition) is 3. The molecule has 1 fully saturated rings. The Morgan fingerprint density at radius 3 is 2.77 bits per heavy atom. The van der Waals surface area contributed by atoms with E-state index in [0.717, 1.165) is 25.7 Å². The van der Waals surface area contributed by atoms with Crippen LogP contribution >= 0.6 is 23.1 Å². The molecule has 3 amide bonds. The monoisotopic (exact) mass is 448 g/mol. The number of aliphatic carboxylic acids is 1. The number of nitrogens with two attached hydrogens (primary N) is 1. The van der Waals surface area contributed by atoms with E-state index in [1.54, 1.807) is 42.3 Å². The summed E-state index contributed by atoms with van der Waals surface area (Å²) in [4.78, 5) is 41.5. The van der Waals surface area contributed by atoms with Crippen LogP contribution in [0.2, 0.25) is 0 Å². The van der Waals surface area contributed by atoms with E-state index < -0.39 is 17.1 Å². The van der Waals surface area contributed by atoms with Crippen LogP contribution in [0.5, 0.6) is 0 Å². The Kier molecular flexibility index (Phi) is 7.33. The number of nitrogens with zero attached hydrogens (tertiary/aromatic N) is 2. The molecule has 1 unspecified atom stereocenters. The summed E-state index contributed by atoms with van der Waals surface area (Å²) in [6.45, 7) is 2.14. The van der Waals surface area contributed by atoms with E-state index in [1.165, 1.54) is 23.1 Å². The minimum absolute atomic E-state index is 0.340. The van der Waals surface area contributed by atoms with Gasteiger partial charge < -0.3 is 10.8 Å². The van der Waals surface area contributed by atoms with Gasteiger partial charge in [-0.1, -0.05) is 42.0 Å². The smallest absolute Gasteiger partial charge is 0.328 e. The molecular formula is C20H24N4O4S2. The number of rotatable bonds is 8. The second kappa shape index (κ2) is 9.94. The van der Waals surface area contributed by atoms with Gasteiger partial charge in [0.05, 0.1) is 10.4 Å². The van der Waals surface area contributed by atoms with Gasteiger partial charge in [0.1, 0.15) is 5.25 Å². The molecule has 30 heavy (non-hydrogen) atoms. The number of thiazole rings is 1. The van der Waals surface area contributed by atoms with Gasteiger partial charge in [-0.3, -0.25) is 19.8 Å². The van der Waals surface area contributed by atoms with Gasteiger partial charge in [0, 0.05) is 17.8 Å². The third-order valence-corrected chi connectivity index (χ3v) is 7.08. The number of thioether (sulfide) groups is 1. The number of anilines is 2. The zero-order valence-corrected chi connectivity index (χ0v) is 18.2. The van der Waals surface area contributed by atoms with Crippen LogP contribution in [0.15, 0.2) is 34.7 Å². The topological polar surface area (TPSA) is 126 Å². The molecule has 160 valence electrons. The van der Waals surface area contributed by atoms with Crippen molar-refractivity contribution < 1.29 is 19.5 Å². The summed E-state index contributed by atoms with van der Waals surface area (Å²) < 4.78 is 0.707. The molecular weight excluding hydrogens is 424 g/mol. The van der Waals surface area contributed by atoms with Crippen LogP contribution in [0, 0.1) is 5.92 Å². The van der Waals surface area contributed by atoms with Gasteiger partial charge in [-0.25, -0.2) is 9.78 Å². The summed E-state index contributed by atoms with van der Waals surface area (Å²) in [5, 5.41) is 11.6. The molecule has 1 aromatic carbocycles. The predicted molar refractivity (Wildman–Crippen MR) is 118 cm³/mol. The minimum Gasteiger partial charge on any atom is -0.480 e. The lowest BCUT2D eigenvalue weighted by Crippen LogP contribution is -2.38. The molecule has 4 N–H and O–H groups in total. The van der Waals surface area contributed by atoms with Crippen LogP contribution < -0.4 is 16.0 Å². The average Bonchev–Trinajstić information content (AvgIpc) is 3.38. The molecule has 0 bridgehead atoms. The van der Waals surface area contributed by atoms with E-state index >= 15 is 0 Å². The number of carbonyl (C=O) groups excluding carboxylic acids is 2. The molecule has 0 radical (unpaired) electrons. The Morgan fingerprint density at radius 1 is 1.37 bits per heavy atom. The van der Waals surface area contributed by atoms with Gasteiger partial charge in [-0.2, -0.15) is 0 Å². The number of hydrogen-bond acceptors (Lipinski definition) is 6. The van der Waals surface area contributed by atoms with Crippen molar-refractivity contribution >= 4 is 51.8 Å². The predicted octanol–water partition coefficient (Wildman–Crippen LogP) is 4.04. The molecule has 0 saturated heterocycles. The van der Waals surface area contributed by atoms with E-state index in [4.69, 9.17) is 10.8 Å².